The van der Waals surface area contributed by atoms with Crippen LogP contribution >= 0.6 is 0 Å². The van der Waals surface area contributed by atoms with Gasteiger partial charge in [-0.1, -0.05) is 6.92 Å². The highest BCUT2D eigenvalue weighted by molar-refractivity contribution is 7.89. The highest BCUT2D eigenvalue weighted by atomic mass is 32.2. The van der Waals surface area contributed by atoms with Gasteiger partial charge in [0.1, 0.15) is 5.76 Å². The van der Waals surface area contributed by atoms with Gasteiger partial charge in [-0.3, -0.25) is 4.79 Å². The summed E-state index contributed by atoms with van der Waals surface area (Å²) in [6.07, 6.45) is 3.22. The van der Waals surface area contributed by atoms with E-state index in [-0.39, 0.29) is 17.7 Å². The van der Waals surface area contributed by atoms with E-state index >= 15 is 0 Å². The number of primary sulfonamides is 1. The standard InChI is InChI=1S/C15H18N2O5S/c1-10-6-7-17(11(9-10)12-3-2-8-21-12)15(18)13-4-5-14(22-13)23(16,19)20/h2-5,8,10-11H,6-7,9H2,1H3,(H2,16,19,20). The van der Waals surface area contributed by atoms with Crippen LogP contribution in [0.4, 0.5) is 0 Å². The zero-order valence-electron chi connectivity index (χ0n) is 12.6. The van der Waals surface area contributed by atoms with Gasteiger partial charge in [-0.25, -0.2) is 13.6 Å². The summed E-state index contributed by atoms with van der Waals surface area (Å²) in [4.78, 5) is 14.4. The molecule has 2 unspecified atom stereocenters. The molecule has 1 amide bonds. The van der Waals surface area contributed by atoms with Gasteiger partial charge in [0.15, 0.2) is 5.76 Å². The van der Waals surface area contributed by atoms with Crippen LogP contribution in [0.15, 0.2) is 44.5 Å². The summed E-state index contributed by atoms with van der Waals surface area (Å²) in [5.74, 6) is 0.766. The summed E-state index contributed by atoms with van der Waals surface area (Å²) < 4.78 is 33.1. The van der Waals surface area contributed by atoms with Crippen LogP contribution in [-0.4, -0.2) is 25.8 Å². The van der Waals surface area contributed by atoms with E-state index in [0.717, 1.165) is 12.8 Å². The lowest BCUT2D eigenvalue weighted by atomic mass is 9.91. The lowest BCUT2D eigenvalue weighted by Gasteiger charge is -2.36. The van der Waals surface area contributed by atoms with Crippen molar-refractivity contribution in [2.75, 3.05) is 6.54 Å². The summed E-state index contributed by atoms with van der Waals surface area (Å²) in [6.45, 7) is 2.68. The number of hydrogen-bond acceptors (Lipinski definition) is 5. The second-order valence-corrected chi connectivity index (χ2v) is 7.32. The fourth-order valence-corrected chi connectivity index (χ4v) is 3.33. The molecule has 8 heteroatoms. The molecule has 0 spiro atoms. The Bertz CT molecular complexity index is 794. The van der Waals surface area contributed by atoms with E-state index in [0.29, 0.717) is 18.2 Å². The molecular formula is C15H18N2O5S. The average Bonchev–Trinajstić information content (AvgIpc) is 3.17. The Morgan fingerprint density at radius 1 is 1.35 bits per heavy atom. The number of carbonyl (C=O) groups is 1. The van der Waals surface area contributed by atoms with Gasteiger partial charge in [0.05, 0.1) is 12.3 Å². The monoisotopic (exact) mass is 338 g/mol. The van der Waals surface area contributed by atoms with E-state index in [1.165, 1.54) is 12.1 Å². The van der Waals surface area contributed by atoms with E-state index < -0.39 is 15.1 Å². The first-order chi connectivity index (χ1) is 10.9. The van der Waals surface area contributed by atoms with Gasteiger partial charge in [0, 0.05) is 6.54 Å². The summed E-state index contributed by atoms with van der Waals surface area (Å²) in [5.41, 5.74) is 0. The third-order valence-corrected chi connectivity index (χ3v) is 4.85. The van der Waals surface area contributed by atoms with Crippen molar-refractivity contribution >= 4 is 15.9 Å². The number of nitrogens with zero attached hydrogens (tertiary/aromatic N) is 1. The van der Waals surface area contributed by atoms with Gasteiger partial charge in [0.25, 0.3) is 15.9 Å². The fraction of sp³-hybridized carbons (Fsp3) is 0.400. The number of carbonyl (C=O) groups excluding carboxylic acids is 1. The maximum Gasteiger partial charge on any atom is 0.290 e. The summed E-state index contributed by atoms with van der Waals surface area (Å²) in [7, 11) is -3.97. The van der Waals surface area contributed by atoms with Crippen molar-refractivity contribution in [3.8, 4) is 0 Å². The predicted octanol–water partition coefficient (Wildman–Crippen LogP) is 2.13. The molecule has 3 rings (SSSR count). The van der Waals surface area contributed by atoms with Crippen LogP contribution in [0.3, 0.4) is 0 Å². The summed E-state index contributed by atoms with van der Waals surface area (Å²) in [6, 6.07) is 5.95. The molecule has 0 saturated carbocycles. The Morgan fingerprint density at radius 3 is 2.74 bits per heavy atom. The van der Waals surface area contributed by atoms with Crippen LogP contribution in [-0.2, 0) is 10.0 Å². The smallest absolute Gasteiger partial charge is 0.290 e. The number of nitrogens with two attached hydrogens (primary N) is 1. The Labute approximate surface area is 134 Å². The van der Waals surface area contributed by atoms with Crippen molar-refractivity contribution in [3.05, 3.63) is 42.0 Å². The molecule has 2 aromatic rings. The molecule has 2 N–H and O–H groups in total. The van der Waals surface area contributed by atoms with Gasteiger partial charge in [-0.2, -0.15) is 0 Å². The second-order valence-electron chi connectivity index (χ2n) is 5.82. The normalized spacial score (nSPS) is 22.3. The van der Waals surface area contributed by atoms with Crippen molar-refractivity contribution in [1.82, 2.24) is 4.90 Å². The molecule has 124 valence electrons. The zero-order chi connectivity index (χ0) is 16.6. The molecule has 3 heterocycles. The van der Waals surface area contributed by atoms with Gasteiger partial charge in [-0.15, -0.1) is 0 Å². The summed E-state index contributed by atoms with van der Waals surface area (Å²) >= 11 is 0. The summed E-state index contributed by atoms with van der Waals surface area (Å²) in [5, 5.41) is 4.59. The maximum atomic E-state index is 12.7. The van der Waals surface area contributed by atoms with Gasteiger partial charge < -0.3 is 13.7 Å². The molecular weight excluding hydrogens is 320 g/mol. The van der Waals surface area contributed by atoms with Crippen LogP contribution in [0.5, 0.6) is 0 Å². The molecule has 2 aromatic heterocycles. The first-order valence-electron chi connectivity index (χ1n) is 7.33. The Hall–Kier alpha value is -2.06. The van der Waals surface area contributed by atoms with Crippen LogP contribution in [0.1, 0.15) is 42.1 Å². The molecule has 1 aliphatic heterocycles. The zero-order valence-corrected chi connectivity index (χ0v) is 13.5. The molecule has 23 heavy (non-hydrogen) atoms. The van der Waals surface area contributed by atoms with E-state index in [4.69, 9.17) is 14.0 Å². The minimum Gasteiger partial charge on any atom is -0.467 e. The Kier molecular flexibility index (Phi) is 4.03. The van der Waals surface area contributed by atoms with Gasteiger partial charge in [-0.05, 0) is 43.0 Å². The number of amides is 1. The topological polar surface area (TPSA) is 107 Å². The Morgan fingerprint density at radius 2 is 2.13 bits per heavy atom. The van der Waals surface area contributed by atoms with E-state index in [9.17, 15) is 13.2 Å². The van der Waals surface area contributed by atoms with Crippen molar-refractivity contribution < 1.29 is 22.0 Å². The SMILES string of the molecule is CC1CCN(C(=O)c2ccc(S(N)(=O)=O)o2)C(c2ccco2)C1. The van der Waals surface area contributed by atoms with E-state index in [2.05, 4.69) is 6.92 Å². The molecule has 7 nitrogen and oxygen atoms in total. The molecule has 2 atom stereocenters. The molecule has 0 radical (unpaired) electrons. The second kappa shape index (κ2) is 5.86. The Balaban J connectivity index is 1.89. The number of piperidine rings is 1. The number of sulfonamides is 1. The van der Waals surface area contributed by atoms with Crippen LogP contribution in [0.25, 0.3) is 0 Å². The minimum absolute atomic E-state index is 0.0415. The molecule has 0 aromatic carbocycles. The lowest BCUT2D eigenvalue weighted by Crippen LogP contribution is -2.40. The quantitative estimate of drug-likeness (QED) is 0.922. The van der Waals surface area contributed by atoms with Crippen molar-refractivity contribution in [1.29, 1.82) is 0 Å². The fourth-order valence-electron chi connectivity index (χ4n) is 2.86. The highest BCUT2D eigenvalue weighted by Crippen LogP contribution is 2.35. The third kappa shape index (κ3) is 3.18. The number of likely N-dealkylation sites (tertiary alicyclic amines) is 1. The molecule has 1 aliphatic rings. The molecule has 1 fully saturated rings. The van der Waals surface area contributed by atoms with Gasteiger partial charge in [0.2, 0.25) is 5.09 Å². The molecule has 0 aliphatic carbocycles. The van der Waals surface area contributed by atoms with Crippen LogP contribution < -0.4 is 5.14 Å². The predicted molar refractivity (Wildman–Crippen MR) is 81.0 cm³/mol. The van der Waals surface area contributed by atoms with Gasteiger partial charge >= 0.3 is 0 Å². The molecule has 0 bridgehead atoms. The highest BCUT2D eigenvalue weighted by Gasteiger charge is 2.34. The average molecular weight is 338 g/mol. The van der Waals surface area contributed by atoms with Crippen molar-refractivity contribution in [3.63, 3.8) is 0 Å². The van der Waals surface area contributed by atoms with E-state index in [1.807, 2.05) is 6.07 Å². The third-order valence-electron chi connectivity index (χ3n) is 4.07. The van der Waals surface area contributed by atoms with Crippen molar-refractivity contribution in [2.45, 2.75) is 30.9 Å². The maximum absolute atomic E-state index is 12.7. The molecule has 1 saturated heterocycles. The van der Waals surface area contributed by atoms with Crippen LogP contribution in [0.2, 0.25) is 0 Å². The number of furan rings is 2. The number of hydrogen-bond donors (Lipinski definition) is 1. The lowest BCUT2D eigenvalue weighted by molar-refractivity contribution is 0.0484. The number of rotatable bonds is 3. The largest absolute Gasteiger partial charge is 0.467 e. The first-order valence-corrected chi connectivity index (χ1v) is 8.88. The van der Waals surface area contributed by atoms with Crippen molar-refractivity contribution in [2.24, 2.45) is 11.1 Å². The minimum atomic E-state index is -3.97. The first kappa shape index (κ1) is 15.8. The van der Waals surface area contributed by atoms with E-state index in [1.54, 1.807) is 17.2 Å². The van der Waals surface area contributed by atoms with Crippen LogP contribution in [0, 0.1) is 5.92 Å².